The number of nitrogen functional groups attached to an aromatic ring is 1. The lowest BCUT2D eigenvalue weighted by Crippen LogP contribution is -2.29. The third-order valence-electron chi connectivity index (χ3n) is 2.15. The van der Waals surface area contributed by atoms with E-state index in [4.69, 9.17) is 11.1 Å². The van der Waals surface area contributed by atoms with Crippen LogP contribution in [0.3, 0.4) is 0 Å². The van der Waals surface area contributed by atoms with Gasteiger partial charge in [0, 0.05) is 12.7 Å². The molecule has 0 fully saturated rings. The molecule has 0 aliphatic carbocycles. The van der Waals surface area contributed by atoms with Crippen LogP contribution in [0.2, 0.25) is 0 Å². The van der Waals surface area contributed by atoms with Gasteiger partial charge >= 0.3 is 6.18 Å². The van der Waals surface area contributed by atoms with Gasteiger partial charge in [0.15, 0.2) is 0 Å². The monoisotopic (exact) mass is 248 g/mol. The standard InChI is InChI=1S/C10H15F3N4/c1-5(2)3-16-8(14)7-6(10(11,12)13)4-17-9(7)15/h4-5,17H,3,15H2,1-2H3,(H2,14,16). The van der Waals surface area contributed by atoms with E-state index in [2.05, 4.69) is 10.3 Å². The molecule has 1 aromatic rings. The molecule has 5 N–H and O–H groups in total. The molecule has 0 aliphatic rings. The van der Waals surface area contributed by atoms with E-state index in [0.717, 1.165) is 6.20 Å². The number of aromatic nitrogens is 1. The largest absolute Gasteiger partial charge is 0.418 e. The van der Waals surface area contributed by atoms with Gasteiger partial charge in [-0.2, -0.15) is 13.2 Å². The Bertz CT molecular complexity index is 406. The first-order valence-electron chi connectivity index (χ1n) is 5.10. The van der Waals surface area contributed by atoms with Crippen molar-refractivity contribution in [2.24, 2.45) is 5.92 Å². The zero-order chi connectivity index (χ0) is 13.2. The van der Waals surface area contributed by atoms with Crippen LogP contribution in [-0.4, -0.2) is 17.4 Å². The number of anilines is 1. The number of H-pyrrole nitrogens is 1. The highest BCUT2D eigenvalue weighted by Gasteiger charge is 2.36. The van der Waals surface area contributed by atoms with Crippen LogP contribution < -0.4 is 11.1 Å². The van der Waals surface area contributed by atoms with Crippen LogP contribution in [0.5, 0.6) is 0 Å². The van der Waals surface area contributed by atoms with Gasteiger partial charge < -0.3 is 16.0 Å². The lowest BCUT2D eigenvalue weighted by atomic mass is 10.1. The molecule has 0 saturated heterocycles. The maximum atomic E-state index is 12.6. The van der Waals surface area contributed by atoms with Crippen molar-refractivity contribution < 1.29 is 13.2 Å². The van der Waals surface area contributed by atoms with Gasteiger partial charge in [-0.3, -0.25) is 5.41 Å². The Morgan fingerprint density at radius 2 is 2.12 bits per heavy atom. The quantitative estimate of drug-likeness (QED) is 0.488. The molecular formula is C10H15F3N4. The number of rotatable bonds is 3. The summed E-state index contributed by atoms with van der Waals surface area (Å²) < 4.78 is 37.9. The molecular weight excluding hydrogens is 233 g/mol. The molecule has 17 heavy (non-hydrogen) atoms. The number of alkyl halides is 3. The minimum Gasteiger partial charge on any atom is -0.385 e. The van der Waals surface area contributed by atoms with Gasteiger partial charge in [-0.15, -0.1) is 0 Å². The summed E-state index contributed by atoms with van der Waals surface area (Å²) in [4.78, 5) is 2.29. The smallest absolute Gasteiger partial charge is 0.385 e. The molecule has 0 atom stereocenters. The van der Waals surface area contributed by atoms with Gasteiger partial charge in [0.1, 0.15) is 11.7 Å². The predicted octanol–water partition coefficient (Wildman–Crippen LogP) is 2.19. The van der Waals surface area contributed by atoms with Gasteiger partial charge in [0.05, 0.1) is 11.1 Å². The van der Waals surface area contributed by atoms with Crippen molar-refractivity contribution in [3.05, 3.63) is 17.3 Å². The summed E-state index contributed by atoms with van der Waals surface area (Å²) >= 11 is 0. The van der Waals surface area contributed by atoms with Gasteiger partial charge in [0.2, 0.25) is 0 Å². The van der Waals surface area contributed by atoms with Gasteiger partial charge in [0.25, 0.3) is 0 Å². The lowest BCUT2D eigenvalue weighted by Gasteiger charge is -2.13. The van der Waals surface area contributed by atoms with E-state index in [-0.39, 0.29) is 23.1 Å². The van der Waals surface area contributed by atoms with Crippen molar-refractivity contribution in [1.82, 2.24) is 10.3 Å². The molecule has 0 saturated carbocycles. The first-order chi connectivity index (χ1) is 7.73. The third kappa shape index (κ3) is 3.15. The minimum atomic E-state index is -4.52. The number of hydrogen-bond donors (Lipinski definition) is 4. The summed E-state index contributed by atoms with van der Waals surface area (Å²) in [5.74, 6) is -0.242. The van der Waals surface area contributed by atoms with Gasteiger partial charge in [-0.25, -0.2) is 0 Å². The Labute approximate surface area is 96.9 Å². The molecule has 0 unspecified atom stereocenters. The van der Waals surface area contributed by atoms with Crippen molar-refractivity contribution in [2.75, 3.05) is 12.3 Å². The molecule has 0 amide bonds. The SMILES string of the molecule is CC(C)CNC(=N)c1c(C(F)(F)F)c[nH]c1N. The zero-order valence-electron chi connectivity index (χ0n) is 9.57. The van der Waals surface area contributed by atoms with Crippen LogP contribution in [0.1, 0.15) is 25.0 Å². The van der Waals surface area contributed by atoms with E-state index in [9.17, 15) is 13.2 Å². The number of amidine groups is 1. The molecule has 0 aliphatic heterocycles. The molecule has 96 valence electrons. The van der Waals surface area contributed by atoms with Crippen LogP contribution in [-0.2, 0) is 6.18 Å². The van der Waals surface area contributed by atoms with E-state index in [1.165, 1.54) is 0 Å². The molecule has 1 rings (SSSR count). The second-order valence-corrected chi connectivity index (χ2v) is 4.14. The van der Waals surface area contributed by atoms with E-state index in [0.29, 0.717) is 6.54 Å². The van der Waals surface area contributed by atoms with Crippen LogP contribution >= 0.6 is 0 Å². The molecule has 0 aromatic carbocycles. The number of hydrogen-bond acceptors (Lipinski definition) is 2. The van der Waals surface area contributed by atoms with Gasteiger partial charge in [-0.05, 0) is 5.92 Å². The number of halogens is 3. The summed E-state index contributed by atoms with van der Waals surface area (Å²) in [7, 11) is 0. The van der Waals surface area contributed by atoms with Crippen LogP contribution in [0.15, 0.2) is 6.20 Å². The second kappa shape index (κ2) is 4.68. The average molecular weight is 248 g/mol. The van der Waals surface area contributed by atoms with Crippen LogP contribution in [0, 0.1) is 11.3 Å². The van der Waals surface area contributed by atoms with Crippen molar-refractivity contribution in [3.63, 3.8) is 0 Å². The molecule has 0 radical (unpaired) electrons. The van der Waals surface area contributed by atoms with E-state index in [1.807, 2.05) is 13.8 Å². The van der Waals surface area contributed by atoms with E-state index < -0.39 is 11.7 Å². The Balaban J connectivity index is 2.97. The maximum Gasteiger partial charge on any atom is 0.418 e. The highest BCUT2D eigenvalue weighted by molar-refractivity contribution is 6.02. The summed E-state index contributed by atoms with van der Waals surface area (Å²) in [6.07, 6.45) is -3.74. The molecule has 1 heterocycles. The fourth-order valence-electron chi connectivity index (χ4n) is 1.33. The maximum absolute atomic E-state index is 12.6. The number of aromatic amines is 1. The molecule has 0 bridgehead atoms. The highest BCUT2D eigenvalue weighted by atomic mass is 19.4. The third-order valence-corrected chi connectivity index (χ3v) is 2.15. The Hall–Kier alpha value is -1.66. The number of nitrogens with two attached hydrogens (primary N) is 1. The Kier molecular flexibility index (Phi) is 3.69. The van der Waals surface area contributed by atoms with Crippen molar-refractivity contribution in [3.8, 4) is 0 Å². The molecule has 1 aromatic heterocycles. The van der Waals surface area contributed by atoms with Crippen LogP contribution in [0.4, 0.5) is 19.0 Å². The van der Waals surface area contributed by atoms with Crippen molar-refractivity contribution in [1.29, 1.82) is 5.41 Å². The predicted molar refractivity (Wildman–Crippen MR) is 59.9 cm³/mol. The topological polar surface area (TPSA) is 77.7 Å². The normalized spacial score (nSPS) is 11.9. The first kappa shape index (κ1) is 13.4. The summed E-state index contributed by atoms with van der Waals surface area (Å²) in [6.45, 7) is 4.21. The van der Waals surface area contributed by atoms with Gasteiger partial charge in [-0.1, -0.05) is 13.8 Å². The second-order valence-electron chi connectivity index (χ2n) is 4.14. The molecule has 0 spiro atoms. The van der Waals surface area contributed by atoms with E-state index in [1.54, 1.807) is 0 Å². The Morgan fingerprint density at radius 1 is 1.53 bits per heavy atom. The lowest BCUT2D eigenvalue weighted by molar-refractivity contribution is -0.137. The molecule has 7 heteroatoms. The highest BCUT2D eigenvalue weighted by Crippen LogP contribution is 2.34. The first-order valence-corrected chi connectivity index (χ1v) is 5.10. The Morgan fingerprint density at radius 3 is 2.59 bits per heavy atom. The number of nitrogens with one attached hydrogen (secondary N) is 3. The van der Waals surface area contributed by atoms with E-state index >= 15 is 0 Å². The summed E-state index contributed by atoms with van der Waals surface area (Å²) in [5.41, 5.74) is 4.17. The fourth-order valence-corrected chi connectivity index (χ4v) is 1.33. The fraction of sp³-hybridized carbons (Fsp3) is 0.500. The zero-order valence-corrected chi connectivity index (χ0v) is 9.57. The average Bonchev–Trinajstić information content (AvgIpc) is 2.56. The summed E-state index contributed by atoms with van der Waals surface area (Å²) in [6, 6.07) is 0. The van der Waals surface area contributed by atoms with Crippen molar-refractivity contribution >= 4 is 11.7 Å². The van der Waals surface area contributed by atoms with Crippen molar-refractivity contribution in [2.45, 2.75) is 20.0 Å². The van der Waals surface area contributed by atoms with Crippen LogP contribution in [0.25, 0.3) is 0 Å². The summed E-state index contributed by atoms with van der Waals surface area (Å²) in [5, 5.41) is 10.2. The molecule has 4 nitrogen and oxygen atoms in total. The minimum absolute atomic E-state index is 0.154.